The molecule has 0 spiro atoms. The number of hydrogen-bond acceptors (Lipinski definition) is 5. The van der Waals surface area contributed by atoms with Crippen LogP contribution in [0.1, 0.15) is 47.0 Å². The van der Waals surface area contributed by atoms with Crippen molar-refractivity contribution < 1.29 is 24.2 Å². The van der Waals surface area contributed by atoms with E-state index in [0.717, 1.165) is 0 Å². The molecule has 1 aliphatic carbocycles. The van der Waals surface area contributed by atoms with Gasteiger partial charge in [-0.1, -0.05) is 0 Å². The molecule has 0 aliphatic heterocycles. The summed E-state index contributed by atoms with van der Waals surface area (Å²) in [5.74, 6) is -0.516. The van der Waals surface area contributed by atoms with Crippen LogP contribution in [0.4, 0.5) is 4.79 Å². The molecule has 0 bridgehead atoms. The molecule has 110 valence electrons. The monoisotopic (exact) mass is 273 g/mol. The number of aliphatic hydroxyl groups is 1. The molecule has 0 aromatic rings. The number of nitrogens with one attached hydrogen (secondary N) is 1. The van der Waals surface area contributed by atoms with Gasteiger partial charge in [-0.25, -0.2) is 9.59 Å². The lowest BCUT2D eigenvalue weighted by Gasteiger charge is -2.29. The molecule has 19 heavy (non-hydrogen) atoms. The molecule has 0 aromatic carbocycles. The van der Waals surface area contributed by atoms with Crippen molar-refractivity contribution in [2.45, 2.75) is 64.2 Å². The maximum atomic E-state index is 12.0. The largest absolute Gasteiger partial charge is 0.464 e. The van der Waals surface area contributed by atoms with E-state index >= 15 is 0 Å². The van der Waals surface area contributed by atoms with E-state index in [9.17, 15) is 14.7 Å². The Bertz CT molecular complexity index is 349. The first-order valence-corrected chi connectivity index (χ1v) is 6.55. The van der Waals surface area contributed by atoms with Gasteiger partial charge in [0.15, 0.2) is 0 Å². The molecule has 1 saturated carbocycles. The molecule has 1 fully saturated rings. The second-order valence-corrected chi connectivity index (χ2v) is 5.83. The minimum atomic E-state index is -1.17. The van der Waals surface area contributed by atoms with Gasteiger partial charge < -0.3 is 19.9 Å². The Kier molecular flexibility index (Phi) is 4.79. The molecule has 1 aliphatic rings. The first-order valence-electron chi connectivity index (χ1n) is 6.55. The molecule has 0 unspecified atom stereocenters. The van der Waals surface area contributed by atoms with Gasteiger partial charge in [-0.15, -0.1) is 0 Å². The van der Waals surface area contributed by atoms with Crippen molar-refractivity contribution in [3.8, 4) is 0 Å². The highest BCUT2D eigenvalue weighted by molar-refractivity contribution is 5.86. The Balaban J connectivity index is 2.76. The molecule has 2 atom stereocenters. The van der Waals surface area contributed by atoms with Crippen LogP contribution in [0.2, 0.25) is 0 Å². The predicted octanol–water partition coefficient (Wildman–Crippen LogP) is 1.36. The van der Waals surface area contributed by atoms with Gasteiger partial charge in [-0.3, -0.25) is 0 Å². The molecule has 2 N–H and O–H groups in total. The van der Waals surface area contributed by atoms with Crippen molar-refractivity contribution >= 4 is 12.1 Å². The van der Waals surface area contributed by atoms with E-state index in [4.69, 9.17) is 9.47 Å². The summed E-state index contributed by atoms with van der Waals surface area (Å²) >= 11 is 0. The summed E-state index contributed by atoms with van der Waals surface area (Å²) in [6.07, 6.45) is -0.319. The van der Waals surface area contributed by atoms with Gasteiger partial charge in [0.25, 0.3) is 0 Å². The number of rotatable bonds is 3. The first kappa shape index (κ1) is 15.8. The van der Waals surface area contributed by atoms with Crippen molar-refractivity contribution in [3.05, 3.63) is 0 Å². The maximum absolute atomic E-state index is 12.0. The minimum absolute atomic E-state index is 0.158. The Morgan fingerprint density at radius 2 is 2.05 bits per heavy atom. The Labute approximate surface area is 113 Å². The lowest BCUT2D eigenvalue weighted by molar-refractivity contribution is -0.151. The highest BCUT2D eigenvalue weighted by atomic mass is 16.6. The molecule has 6 nitrogen and oxygen atoms in total. The number of alkyl carbamates (subject to hydrolysis) is 1. The maximum Gasteiger partial charge on any atom is 0.408 e. The number of aliphatic hydroxyl groups excluding tert-OH is 1. The van der Waals surface area contributed by atoms with Crippen LogP contribution in [-0.4, -0.2) is 41.0 Å². The molecule has 0 radical (unpaired) electrons. The zero-order valence-electron chi connectivity index (χ0n) is 12.0. The number of ether oxygens (including phenoxy) is 2. The van der Waals surface area contributed by atoms with Gasteiger partial charge in [-0.2, -0.15) is 0 Å². The lowest BCUT2D eigenvalue weighted by Crippen LogP contribution is -2.55. The van der Waals surface area contributed by atoms with Gasteiger partial charge in [0, 0.05) is 6.42 Å². The number of carbonyl (C=O) groups is 2. The highest BCUT2D eigenvalue weighted by Crippen LogP contribution is 2.31. The Morgan fingerprint density at radius 1 is 1.42 bits per heavy atom. The molecule has 1 amide bonds. The summed E-state index contributed by atoms with van der Waals surface area (Å²) in [6, 6.07) is 0. The smallest absolute Gasteiger partial charge is 0.408 e. The number of esters is 1. The van der Waals surface area contributed by atoms with Gasteiger partial charge in [-0.05, 0) is 40.5 Å². The molecular formula is C13H23NO5. The van der Waals surface area contributed by atoms with Crippen molar-refractivity contribution in [1.82, 2.24) is 5.32 Å². The van der Waals surface area contributed by atoms with Crippen LogP contribution in [0.3, 0.4) is 0 Å². The van der Waals surface area contributed by atoms with E-state index in [1.165, 1.54) is 0 Å². The van der Waals surface area contributed by atoms with E-state index < -0.39 is 29.3 Å². The van der Waals surface area contributed by atoms with Crippen LogP contribution in [-0.2, 0) is 14.3 Å². The fraction of sp³-hybridized carbons (Fsp3) is 0.846. The second-order valence-electron chi connectivity index (χ2n) is 5.83. The average Bonchev–Trinajstić information content (AvgIpc) is 2.58. The van der Waals surface area contributed by atoms with E-state index in [1.54, 1.807) is 27.7 Å². The van der Waals surface area contributed by atoms with Crippen LogP contribution in [0.25, 0.3) is 0 Å². The third-order valence-electron chi connectivity index (χ3n) is 2.89. The van der Waals surface area contributed by atoms with Crippen LogP contribution < -0.4 is 5.32 Å². The number of amides is 1. The third-order valence-corrected chi connectivity index (χ3v) is 2.89. The number of carbonyl (C=O) groups excluding carboxylic acids is 2. The fourth-order valence-electron chi connectivity index (χ4n) is 2.14. The number of hydrogen-bond donors (Lipinski definition) is 2. The van der Waals surface area contributed by atoms with Crippen molar-refractivity contribution in [1.29, 1.82) is 0 Å². The summed E-state index contributed by atoms with van der Waals surface area (Å²) in [4.78, 5) is 23.8. The Morgan fingerprint density at radius 3 is 2.47 bits per heavy atom. The second kappa shape index (κ2) is 5.77. The lowest BCUT2D eigenvalue weighted by atomic mass is 9.98. The molecule has 6 heteroatoms. The summed E-state index contributed by atoms with van der Waals surface area (Å²) < 4.78 is 10.1. The average molecular weight is 273 g/mol. The summed E-state index contributed by atoms with van der Waals surface area (Å²) in [6.45, 7) is 7.16. The normalized spacial score (nSPS) is 26.9. The fourth-order valence-corrected chi connectivity index (χ4v) is 2.14. The van der Waals surface area contributed by atoms with Crippen LogP contribution >= 0.6 is 0 Å². The predicted molar refractivity (Wildman–Crippen MR) is 68.6 cm³/mol. The van der Waals surface area contributed by atoms with Gasteiger partial charge in [0.2, 0.25) is 0 Å². The van der Waals surface area contributed by atoms with E-state index in [1.807, 2.05) is 0 Å². The molecule has 0 heterocycles. The van der Waals surface area contributed by atoms with E-state index in [2.05, 4.69) is 5.32 Å². The molecular weight excluding hydrogens is 250 g/mol. The summed E-state index contributed by atoms with van der Waals surface area (Å²) in [5.41, 5.74) is -1.81. The van der Waals surface area contributed by atoms with Crippen LogP contribution in [0.5, 0.6) is 0 Å². The SMILES string of the molecule is CCOC(=O)[C@@]1(NC(=O)OC(C)(C)C)CC[C@H](O)C1. The highest BCUT2D eigenvalue weighted by Gasteiger charge is 2.48. The summed E-state index contributed by atoms with van der Waals surface area (Å²) in [5, 5.41) is 12.2. The van der Waals surface area contributed by atoms with Crippen molar-refractivity contribution in [2.75, 3.05) is 6.61 Å². The van der Waals surface area contributed by atoms with Gasteiger partial charge >= 0.3 is 12.1 Å². The van der Waals surface area contributed by atoms with Crippen LogP contribution in [0, 0.1) is 0 Å². The van der Waals surface area contributed by atoms with Gasteiger partial charge in [0.1, 0.15) is 11.1 Å². The molecule has 1 rings (SSSR count). The minimum Gasteiger partial charge on any atom is -0.464 e. The third kappa shape index (κ3) is 4.38. The topological polar surface area (TPSA) is 84.9 Å². The Hall–Kier alpha value is -1.30. The quantitative estimate of drug-likeness (QED) is 0.758. The van der Waals surface area contributed by atoms with Crippen molar-refractivity contribution in [2.24, 2.45) is 0 Å². The van der Waals surface area contributed by atoms with E-state index in [0.29, 0.717) is 12.8 Å². The first-order chi connectivity index (χ1) is 8.68. The molecule has 0 saturated heterocycles. The van der Waals surface area contributed by atoms with E-state index in [-0.39, 0.29) is 13.0 Å². The van der Waals surface area contributed by atoms with Crippen molar-refractivity contribution in [3.63, 3.8) is 0 Å². The zero-order valence-corrected chi connectivity index (χ0v) is 12.0. The molecule has 0 aromatic heterocycles. The van der Waals surface area contributed by atoms with Gasteiger partial charge in [0.05, 0.1) is 12.7 Å². The summed E-state index contributed by atoms with van der Waals surface area (Å²) in [7, 11) is 0. The zero-order chi connectivity index (χ0) is 14.7. The van der Waals surface area contributed by atoms with Crippen LogP contribution in [0.15, 0.2) is 0 Å². The standard InChI is InChI=1S/C13H23NO5/c1-5-18-10(16)13(7-6-9(15)8-13)14-11(17)19-12(2,3)4/h9,15H,5-8H2,1-4H3,(H,14,17)/t9-,13+/m0/s1.